The minimum Gasteiger partial charge on any atom is -0.311 e. The van der Waals surface area contributed by atoms with Crippen LogP contribution in [0.15, 0.2) is 249 Å². The van der Waals surface area contributed by atoms with Crippen molar-refractivity contribution in [3.63, 3.8) is 0 Å². The molecule has 2 nitrogen and oxygen atoms in total. The van der Waals surface area contributed by atoms with Crippen LogP contribution in [0, 0.1) is 6.92 Å². The molecule has 10 aromatic carbocycles. The zero-order valence-corrected chi connectivity index (χ0v) is 34.6. The summed E-state index contributed by atoms with van der Waals surface area (Å²) in [4.78, 5) is 4.80. The summed E-state index contributed by atoms with van der Waals surface area (Å²) in [5.74, 6) is 0. The molecule has 0 aromatic heterocycles. The summed E-state index contributed by atoms with van der Waals surface area (Å²) in [7, 11) is 0. The average molecular weight is 793 g/mol. The summed E-state index contributed by atoms with van der Waals surface area (Å²) in [6.07, 6.45) is 0. The third kappa shape index (κ3) is 6.19. The first-order chi connectivity index (χ1) is 30.7. The second-order valence-electron chi connectivity index (χ2n) is 16.2. The third-order valence-electron chi connectivity index (χ3n) is 12.6. The molecular weight excluding hydrogens is 749 g/mol. The predicted octanol–water partition coefficient (Wildman–Crippen LogP) is 16.1. The first kappa shape index (κ1) is 37.1. The zero-order chi connectivity index (χ0) is 41.5. The van der Waals surface area contributed by atoms with E-state index in [-0.39, 0.29) is 0 Å². The molecular formula is C60H44N2. The quantitative estimate of drug-likeness (QED) is 0.144. The number of para-hydroxylation sites is 2. The third-order valence-corrected chi connectivity index (χ3v) is 12.6. The van der Waals surface area contributed by atoms with Gasteiger partial charge in [0.25, 0.3) is 0 Å². The van der Waals surface area contributed by atoms with E-state index in [4.69, 9.17) is 0 Å². The van der Waals surface area contributed by atoms with Gasteiger partial charge in [0.2, 0.25) is 0 Å². The van der Waals surface area contributed by atoms with Gasteiger partial charge in [-0.25, -0.2) is 0 Å². The van der Waals surface area contributed by atoms with Crippen LogP contribution >= 0.6 is 0 Å². The van der Waals surface area contributed by atoms with Gasteiger partial charge >= 0.3 is 0 Å². The van der Waals surface area contributed by atoms with E-state index in [1.807, 2.05) is 0 Å². The van der Waals surface area contributed by atoms with Gasteiger partial charge in [0.05, 0.1) is 11.1 Å². The van der Waals surface area contributed by atoms with E-state index in [9.17, 15) is 0 Å². The van der Waals surface area contributed by atoms with Gasteiger partial charge in [0.1, 0.15) is 0 Å². The number of hydrogen-bond acceptors (Lipinski definition) is 2. The van der Waals surface area contributed by atoms with Crippen LogP contribution in [0.25, 0.3) is 33.0 Å². The molecule has 0 saturated carbocycles. The highest BCUT2D eigenvalue weighted by Crippen LogP contribution is 2.58. The first-order valence-corrected chi connectivity index (χ1v) is 21.4. The van der Waals surface area contributed by atoms with E-state index in [1.54, 1.807) is 0 Å². The fourth-order valence-electron chi connectivity index (χ4n) is 9.89. The minimum absolute atomic E-state index is 0.539. The van der Waals surface area contributed by atoms with E-state index in [2.05, 4.69) is 265 Å². The van der Waals surface area contributed by atoms with Gasteiger partial charge < -0.3 is 9.80 Å². The Morgan fingerprint density at radius 2 is 0.790 bits per heavy atom. The molecule has 0 N–H and O–H groups in total. The van der Waals surface area contributed by atoms with Crippen LogP contribution in [0.4, 0.5) is 34.1 Å². The minimum atomic E-state index is -0.539. The molecule has 2 heteroatoms. The Balaban J connectivity index is 1.18. The monoisotopic (exact) mass is 792 g/mol. The van der Waals surface area contributed by atoms with Gasteiger partial charge in [-0.3, -0.25) is 0 Å². The zero-order valence-electron chi connectivity index (χ0n) is 34.6. The average Bonchev–Trinajstić information content (AvgIpc) is 3.65. The number of nitrogens with zero attached hydrogens (tertiary/aromatic N) is 2. The largest absolute Gasteiger partial charge is 0.311 e. The van der Waals surface area contributed by atoms with Crippen LogP contribution in [0.3, 0.4) is 0 Å². The van der Waals surface area contributed by atoms with Gasteiger partial charge in [-0.15, -0.1) is 0 Å². The van der Waals surface area contributed by atoms with Gasteiger partial charge in [0, 0.05) is 34.0 Å². The number of aryl methyl sites for hydroxylation is 1. The van der Waals surface area contributed by atoms with Crippen molar-refractivity contribution in [1.82, 2.24) is 0 Å². The molecule has 0 bridgehead atoms. The summed E-state index contributed by atoms with van der Waals surface area (Å²) in [6, 6.07) is 90.8. The maximum atomic E-state index is 2.48. The van der Waals surface area contributed by atoms with Crippen LogP contribution < -0.4 is 9.80 Å². The highest BCUT2D eigenvalue weighted by Gasteiger charge is 2.47. The molecule has 10 aromatic rings. The Kier molecular flexibility index (Phi) is 9.32. The lowest BCUT2D eigenvalue weighted by Crippen LogP contribution is -2.28. The van der Waals surface area contributed by atoms with Crippen LogP contribution in [0.1, 0.15) is 27.8 Å². The summed E-state index contributed by atoms with van der Waals surface area (Å²) in [5.41, 5.74) is 17.3. The maximum absolute atomic E-state index is 2.48. The SMILES string of the molecule is Cc1cccc2c1-c1ccc(N(c3ccc(N(c4ccccc4)c4ccccc4)cc3)c3cc4ccccc4cc3-c3ccccc3)cc1C2(c1ccccc1)c1ccccc1. The molecule has 11 rings (SSSR count). The summed E-state index contributed by atoms with van der Waals surface area (Å²) >= 11 is 0. The fraction of sp³-hybridized carbons (Fsp3) is 0.0333. The van der Waals surface area contributed by atoms with E-state index in [1.165, 1.54) is 60.8 Å². The van der Waals surface area contributed by atoms with Gasteiger partial charge in [-0.05, 0) is 135 Å². The van der Waals surface area contributed by atoms with Crippen LogP contribution in [-0.2, 0) is 5.41 Å². The smallest absolute Gasteiger partial charge is 0.0714 e. The molecule has 0 spiro atoms. The first-order valence-electron chi connectivity index (χ1n) is 21.4. The lowest BCUT2D eigenvalue weighted by atomic mass is 9.67. The van der Waals surface area contributed by atoms with Crippen LogP contribution in [0.5, 0.6) is 0 Å². The van der Waals surface area contributed by atoms with Crippen molar-refractivity contribution < 1.29 is 0 Å². The fourth-order valence-corrected chi connectivity index (χ4v) is 9.89. The van der Waals surface area contributed by atoms with Crippen molar-refractivity contribution in [2.75, 3.05) is 9.80 Å². The summed E-state index contributed by atoms with van der Waals surface area (Å²) in [6.45, 7) is 2.26. The highest BCUT2D eigenvalue weighted by atomic mass is 15.2. The van der Waals surface area contributed by atoms with E-state index >= 15 is 0 Å². The van der Waals surface area contributed by atoms with Crippen molar-refractivity contribution in [1.29, 1.82) is 0 Å². The number of anilines is 6. The topological polar surface area (TPSA) is 6.48 Å². The summed E-state index contributed by atoms with van der Waals surface area (Å²) < 4.78 is 0. The number of fused-ring (bicyclic) bond motifs is 4. The van der Waals surface area contributed by atoms with Crippen molar-refractivity contribution in [2.45, 2.75) is 12.3 Å². The van der Waals surface area contributed by atoms with Gasteiger partial charge in [-0.1, -0.05) is 176 Å². The Labute approximate surface area is 364 Å². The standard InChI is InChI=1S/C60H44N2/c1-43-20-19-33-56-59(43)54-39-38-53(42-57(54)60(56,47-25-9-3-10-26-47)48-27-11-4-12-28-48)62(58-41-46-24-18-17-23-45(46)40-55(58)44-21-7-2-8-22-44)52-36-34-51(35-37-52)61(49-29-13-5-14-30-49)50-31-15-6-16-32-50/h2-42H,1H3. The van der Waals surface area contributed by atoms with Crippen molar-refractivity contribution in [3.05, 3.63) is 277 Å². The molecule has 0 atom stereocenters. The lowest BCUT2D eigenvalue weighted by molar-refractivity contribution is 0.768. The molecule has 0 fully saturated rings. The highest BCUT2D eigenvalue weighted by molar-refractivity contribution is 5.99. The van der Waals surface area contributed by atoms with Crippen molar-refractivity contribution >= 4 is 44.9 Å². The molecule has 0 heterocycles. The molecule has 0 amide bonds. The Hall–Kier alpha value is -7.94. The van der Waals surface area contributed by atoms with Crippen molar-refractivity contribution in [3.8, 4) is 22.3 Å². The molecule has 0 aliphatic heterocycles. The second kappa shape index (κ2) is 15.6. The second-order valence-corrected chi connectivity index (χ2v) is 16.2. The molecule has 0 unspecified atom stereocenters. The molecule has 1 aliphatic rings. The van der Waals surface area contributed by atoms with Crippen LogP contribution in [-0.4, -0.2) is 0 Å². The number of benzene rings is 10. The Bertz CT molecular complexity index is 3080. The Morgan fingerprint density at radius 3 is 1.37 bits per heavy atom. The molecule has 0 saturated heterocycles. The van der Waals surface area contributed by atoms with Gasteiger partial charge in [-0.2, -0.15) is 0 Å². The number of rotatable bonds is 9. The van der Waals surface area contributed by atoms with E-state index in [0.717, 1.165) is 34.1 Å². The molecule has 62 heavy (non-hydrogen) atoms. The van der Waals surface area contributed by atoms with E-state index in [0.29, 0.717) is 0 Å². The maximum Gasteiger partial charge on any atom is 0.0714 e. The van der Waals surface area contributed by atoms with Gasteiger partial charge in [0.15, 0.2) is 0 Å². The van der Waals surface area contributed by atoms with E-state index < -0.39 is 5.41 Å². The predicted molar refractivity (Wildman–Crippen MR) is 261 cm³/mol. The van der Waals surface area contributed by atoms with Crippen molar-refractivity contribution in [2.24, 2.45) is 0 Å². The Morgan fingerprint density at radius 1 is 0.323 bits per heavy atom. The molecule has 1 aliphatic carbocycles. The number of hydrogen-bond donors (Lipinski definition) is 0. The summed E-state index contributed by atoms with van der Waals surface area (Å²) in [5, 5.41) is 2.40. The molecule has 0 radical (unpaired) electrons. The van der Waals surface area contributed by atoms with Crippen LogP contribution in [0.2, 0.25) is 0 Å². The molecule has 294 valence electrons. The normalized spacial score (nSPS) is 12.4. The lowest BCUT2D eigenvalue weighted by Gasteiger charge is -2.35.